The van der Waals surface area contributed by atoms with E-state index in [9.17, 15) is 18.5 Å². The number of hydrogen-bond acceptors (Lipinski definition) is 5. The molecule has 0 unspecified atom stereocenters. The zero-order chi connectivity index (χ0) is 14.9. The molecular formula is C12H14ClNO5S. The number of ether oxygens (including phenoxy) is 1. The van der Waals surface area contributed by atoms with E-state index in [4.69, 9.17) is 15.4 Å². The SMILES string of the molecule is Cc1cc([N+](=O)[O-])cc(S(=O)(=O)Cl)c1OCCC1CC1. The summed E-state index contributed by atoms with van der Waals surface area (Å²) in [6, 6.07) is 2.21. The topological polar surface area (TPSA) is 86.5 Å². The third-order valence-corrected chi connectivity index (χ3v) is 4.50. The molecule has 1 aliphatic rings. The summed E-state index contributed by atoms with van der Waals surface area (Å²) in [5.41, 5.74) is 0.0606. The van der Waals surface area contributed by atoms with E-state index < -0.39 is 14.0 Å². The number of rotatable bonds is 6. The summed E-state index contributed by atoms with van der Waals surface area (Å²) in [4.78, 5) is 9.78. The first-order valence-corrected chi connectivity index (χ1v) is 8.46. The molecule has 0 radical (unpaired) electrons. The van der Waals surface area contributed by atoms with Crippen LogP contribution in [0.3, 0.4) is 0 Å². The molecule has 0 aromatic heterocycles. The molecule has 110 valence electrons. The van der Waals surface area contributed by atoms with E-state index in [2.05, 4.69) is 0 Å². The maximum atomic E-state index is 11.6. The Morgan fingerprint density at radius 2 is 2.10 bits per heavy atom. The smallest absolute Gasteiger partial charge is 0.271 e. The standard InChI is InChI=1S/C12H14ClNO5S/c1-8-6-10(14(15)16)7-11(20(13,17)18)12(8)19-5-4-9-2-3-9/h6-7,9H,2-5H2,1H3. The van der Waals surface area contributed by atoms with Crippen LogP contribution in [-0.2, 0) is 9.05 Å². The van der Waals surface area contributed by atoms with Crippen LogP contribution < -0.4 is 4.74 Å². The lowest BCUT2D eigenvalue weighted by atomic mass is 10.2. The van der Waals surface area contributed by atoms with E-state index >= 15 is 0 Å². The molecule has 0 N–H and O–H groups in total. The van der Waals surface area contributed by atoms with Gasteiger partial charge in [0.15, 0.2) is 0 Å². The van der Waals surface area contributed by atoms with Gasteiger partial charge in [-0.1, -0.05) is 12.8 Å². The number of nitro benzene ring substituents is 1. The lowest BCUT2D eigenvalue weighted by Gasteiger charge is -2.12. The second-order valence-corrected chi connectivity index (χ2v) is 7.40. The van der Waals surface area contributed by atoms with Crippen LogP contribution in [-0.4, -0.2) is 19.9 Å². The lowest BCUT2D eigenvalue weighted by Crippen LogP contribution is -2.05. The largest absolute Gasteiger partial charge is 0.492 e. The van der Waals surface area contributed by atoms with Crippen LogP contribution in [0.15, 0.2) is 17.0 Å². The van der Waals surface area contributed by atoms with Crippen molar-refractivity contribution in [2.75, 3.05) is 6.61 Å². The van der Waals surface area contributed by atoms with E-state index in [-0.39, 0.29) is 16.3 Å². The average molecular weight is 320 g/mol. The van der Waals surface area contributed by atoms with Crippen LogP contribution in [0.2, 0.25) is 0 Å². The summed E-state index contributed by atoms with van der Waals surface area (Å²) >= 11 is 0. The van der Waals surface area contributed by atoms with Gasteiger partial charge in [0.25, 0.3) is 14.7 Å². The molecular weight excluding hydrogens is 306 g/mol. The predicted octanol–water partition coefficient (Wildman–Crippen LogP) is 3.01. The Hall–Kier alpha value is -1.34. The Morgan fingerprint density at radius 3 is 2.60 bits per heavy atom. The van der Waals surface area contributed by atoms with Crippen molar-refractivity contribution in [2.45, 2.75) is 31.1 Å². The molecule has 0 saturated heterocycles. The van der Waals surface area contributed by atoms with Gasteiger partial charge in [0.05, 0.1) is 11.5 Å². The van der Waals surface area contributed by atoms with Gasteiger partial charge in [0.1, 0.15) is 10.6 Å². The molecule has 0 bridgehead atoms. The molecule has 1 saturated carbocycles. The second-order valence-electron chi connectivity index (χ2n) is 4.87. The van der Waals surface area contributed by atoms with Gasteiger partial charge in [-0.25, -0.2) is 8.42 Å². The minimum Gasteiger partial charge on any atom is -0.492 e. The minimum absolute atomic E-state index is 0.103. The molecule has 8 heteroatoms. The predicted molar refractivity (Wildman–Crippen MR) is 73.7 cm³/mol. The quantitative estimate of drug-likeness (QED) is 0.457. The zero-order valence-electron chi connectivity index (χ0n) is 10.8. The number of nitrogens with zero attached hydrogens (tertiary/aromatic N) is 1. The highest BCUT2D eigenvalue weighted by Gasteiger charge is 2.25. The fourth-order valence-electron chi connectivity index (χ4n) is 1.93. The van der Waals surface area contributed by atoms with E-state index in [1.807, 2.05) is 0 Å². The molecule has 0 amide bonds. The van der Waals surface area contributed by atoms with E-state index in [1.54, 1.807) is 6.92 Å². The summed E-state index contributed by atoms with van der Waals surface area (Å²) in [5.74, 6) is 0.746. The van der Waals surface area contributed by atoms with Gasteiger partial charge in [0, 0.05) is 22.8 Å². The van der Waals surface area contributed by atoms with Crippen molar-refractivity contribution in [3.05, 3.63) is 27.8 Å². The highest BCUT2D eigenvalue weighted by atomic mass is 35.7. The van der Waals surface area contributed by atoms with Crippen LogP contribution in [0, 0.1) is 23.0 Å². The third-order valence-electron chi connectivity index (χ3n) is 3.17. The number of nitro groups is 1. The molecule has 1 aromatic carbocycles. The molecule has 20 heavy (non-hydrogen) atoms. The Morgan fingerprint density at radius 1 is 1.45 bits per heavy atom. The second kappa shape index (κ2) is 5.57. The molecule has 0 spiro atoms. The first-order valence-electron chi connectivity index (χ1n) is 6.15. The van der Waals surface area contributed by atoms with Gasteiger partial charge < -0.3 is 4.74 Å². The van der Waals surface area contributed by atoms with Gasteiger partial charge in [-0.15, -0.1) is 0 Å². The fourth-order valence-corrected chi connectivity index (χ4v) is 2.98. The summed E-state index contributed by atoms with van der Waals surface area (Å²) in [6.45, 7) is 1.94. The fraction of sp³-hybridized carbons (Fsp3) is 0.500. The number of non-ortho nitro benzene ring substituents is 1. The monoisotopic (exact) mass is 319 g/mol. The maximum Gasteiger partial charge on any atom is 0.271 e. The molecule has 0 atom stereocenters. The van der Waals surface area contributed by atoms with E-state index in [0.717, 1.165) is 12.5 Å². The van der Waals surface area contributed by atoms with Gasteiger partial charge in [0.2, 0.25) is 0 Å². The summed E-state index contributed by atoms with van der Waals surface area (Å²) < 4.78 is 28.6. The number of aryl methyl sites for hydroxylation is 1. The van der Waals surface area contributed by atoms with Crippen LogP contribution in [0.25, 0.3) is 0 Å². The van der Waals surface area contributed by atoms with Gasteiger partial charge in [-0.3, -0.25) is 10.1 Å². The number of hydrogen-bond donors (Lipinski definition) is 0. The summed E-state index contributed by atoms with van der Waals surface area (Å²) in [6.07, 6.45) is 3.19. The van der Waals surface area contributed by atoms with Crippen molar-refractivity contribution in [1.82, 2.24) is 0 Å². The van der Waals surface area contributed by atoms with Crippen molar-refractivity contribution in [1.29, 1.82) is 0 Å². The van der Waals surface area contributed by atoms with E-state index in [1.165, 1.54) is 18.9 Å². The first kappa shape index (κ1) is 15.1. The number of benzene rings is 1. The molecule has 6 nitrogen and oxygen atoms in total. The van der Waals surface area contributed by atoms with Crippen molar-refractivity contribution in [2.24, 2.45) is 5.92 Å². The highest BCUT2D eigenvalue weighted by Crippen LogP contribution is 2.36. The molecule has 1 fully saturated rings. The van der Waals surface area contributed by atoms with Crippen molar-refractivity contribution >= 4 is 25.4 Å². The van der Waals surface area contributed by atoms with Crippen LogP contribution in [0.5, 0.6) is 5.75 Å². The minimum atomic E-state index is -4.10. The van der Waals surface area contributed by atoms with Crippen molar-refractivity contribution in [3.63, 3.8) is 0 Å². The Labute approximate surface area is 121 Å². The summed E-state index contributed by atoms with van der Waals surface area (Å²) in [7, 11) is 1.23. The van der Waals surface area contributed by atoms with Crippen LogP contribution >= 0.6 is 10.7 Å². The van der Waals surface area contributed by atoms with Crippen molar-refractivity contribution < 1.29 is 18.1 Å². The maximum absolute atomic E-state index is 11.6. The van der Waals surface area contributed by atoms with E-state index in [0.29, 0.717) is 18.1 Å². The average Bonchev–Trinajstić information content (AvgIpc) is 3.13. The molecule has 1 aromatic rings. The Balaban J connectivity index is 2.34. The Bertz CT molecular complexity index is 639. The molecule has 0 heterocycles. The lowest BCUT2D eigenvalue weighted by molar-refractivity contribution is -0.385. The normalized spacial score (nSPS) is 15.1. The number of halogens is 1. The van der Waals surface area contributed by atoms with Crippen LogP contribution in [0.1, 0.15) is 24.8 Å². The van der Waals surface area contributed by atoms with Crippen LogP contribution in [0.4, 0.5) is 5.69 Å². The van der Waals surface area contributed by atoms with Gasteiger partial charge in [-0.2, -0.15) is 0 Å². The third kappa shape index (κ3) is 3.61. The van der Waals surface area contributed by atoms with Gasteiger partial charge >= 0.3 is 0 Å². The zero-order valence-corrected chi connectivity index (χ0v) is 12.4. The Kier molecular flexibility index (Phi) is 4.19. The molecule has 1 aliphatic carbocycles. The first-order chi connectivity index (χ1) is 9.29. The summed E-state index contributed by atoms with van der Waals surface area (Å²) in [5, 5.41) is 10.8. The van der Waals surface area contributed by atoms with Crippen molar-refractivity contribution in [3.8, 4) is 5.75 Å². The van der Waals surface area contributed by atoms with Gasteiger partial charge in [-0.05, 0) is 24.8 Å². The molecule has 2 rings (SSSR count). The highest BCUT2D eigenvalue weighted by molar-refractivity contribution is 8.13. The molecule has 0 aliphatic heterocycles.